The van der Waals surface area contributed by atoms with E-state index >= 15 is 0 Å². The highest BCUT2D eigenvalue weighted by atomic mass is 35.5. The van der Waals surface area contributed by atoms with E-state index in [-0.39, 0.29) is 11.8 Å². The summed E-state index contributed by atoms with van der Waals surface area (Å²) in [5.74, 6) is 0.559. The fraction of sp³-hybridized carbons (Fsp3) is 0.278. The molecule has 2 aromatic carbocycles. The van der Waals surface area contributed by atoms with Crippen LogP contribution in [-0.4, -0.2) is 13.0 Å². The third kappa shape index (κ3) is 3.11. The third-order valence-corrected chi connectivity index (χ3v) is 4.31. The number of carbonyl (C=O) groups excluding carboxylic acids is 1. The number of halogens is 1. The molecule has 1 aliphatic rings. The fourth-order valence-electron chi connectivity index (χ4n) is 2.70. The second kappa shape index (κ2) is 5.90. The number of anilines is 1. The summed E-state index contributed by atoms with van der Waals surface area (Å²) in [6.07, 6.45) is 2.25. The summed E-state index contributed by atoms with van der Waals surface area (Å²) in [5.41, 5.74) is 2.00. The molecule has 1 saturated carbocycles. The number of rotatable bonds is 4. The molecule has 0 radical (unpaired) electrons. The normalized spacial score (nSPS) is 15.5. The van der Waals surface area contributed by atoms with Gasteiger partial charge < -0.3 is 4.90 Å². The molecule has 108 valence electrons. The van der Waals surface area contributed by atoms with E-state index in [1.807, 2.05) is 61.6 Å². The first-order valence-corrected chi connectivity index (χ1v) is 7.62. The molecule has 1 aliphatic carbocycles. The molecule has 0 spiro atoms. The lowest BCUT2D eigenvalue weighted by molar-refractivity contribution is -0.120. The summed E-state index contributed by atoms with van der Waals surface area (Å²) in [4.78, 5) is 14.7. The largest absolute Gasteiger partial charge is 0.315 e. The van der Waals surface area contributed by atoms with Gasteiger partial charge in [-0.3, -0.25) is 4.79 Å². The van der Waals surface area contributed by atoms with Crippen molar-refractivity contribution in [1.82, 2.24) is 0 Å². The van der Waals surface area contributed by atoms with Crippen molar-refractivity contribution in [3.63, 3.8) is 0 Å². The second-order valence-corrected chi connectivity index (χ2v) is 6.04. The van der Waals surface area contributed by atoms with Gasteiger partial charge in [0.15, 0.2) is 0 Å². The summed E-state index contributed by atoms with van der Waals surface area (Å²) in [6, 6.07) is 17.5. The van der Waals surface area contributed by atoms with Gasteiger partial charge in [-0.05, 0) is 48.6 Å². The number of amides is 1. The average molecular weight is 300 g/mol. The Morgan fingerprint density at radius 1 is 1.10 bits per heavy atom. The van der Waals surface area contributed by atoms with Crippen molar-refractivity contribution in [1.29, 1.82) is 0 Å². The van der Waals surface area contributed by atoms with Gasteiger partial charge in [-0.2, -0.15) is 0 Å². The zero-order valence-corrected chi connectivity index (χ0v) is 12.8. The topological polar surface area (TPSA) is 20.3 Å². The van der Waals surface area contributed by atoms with Crippen molar-refractivity contribution in [2.45, 2.75) is 18.8 Å². The maximum absolute atomic E-state index is 12.9. The van der Waals surface area contributed by atoms with Crippen LogP contribution in [0, 0.1) is 5.92 Å². The molecule has 2 nitrogen and oxygen atoms in total. The first-order valence-electron chi connectivity index (χ1n) is 7.25. The zero-order valence-electron chi connectivity index (χ0n) is 12.0. The van der Waals surface area contributed by atoms with Gasteiger partial charge in [-0.1, -0.05) is 41.9 Å². The molecule has 3 rings (SSSR count). The SMILES string of the molecule is CN(C(=O)C(c1ccc(Cl)cc1)C1CC1)c1ccccc1. The molecular weight excluding hydrogens is 282 g/mol. The lowest BCUT2D eigenvalue weighted by atomic mass is 9.92. The number of benzene rings is 2. The Balaban J connectivity index is 1.87. The Kier molecular flexibility index (Phi) is 3.98. The predicted molar refractivity (Wildman–Crippen MR) is 86.8 cm³/mol. The van der Waals surface area contributed by atoms with Crippen LogP contribution in [0.25, 0.3) is 0 Å². The maximum Gasteiger partial charge on any atom is 0.234 e. The predicted octanol–water partition coefficient (Wildman–Crippen LogP) is 4.50. The number of likely N-dealkylation sites (N-methyl/N-ethyl adjacent to an activating group) is 1. The smallest absolute Gasteiger partial charge is 0.234 e. The quantitative estimate of drug-likeness (QED) is 0.814. The maximum atomic E-state index is 12.9. The van der Waals surface area contributed by atoms with Gasteiger partial charge in [-0.25, -0.2) is 0 Å². The van der Waals surface area contributed by atoms with Gasteiger partial charge >= 0.3 is 0 Å². The van der Waals surface area contributed by atoms with E-state index in [1.54, 1.807) is 4.90 Å². The third-order valence-electron chi connectivity index (χ3n) is 4.06. The van der Waals surface area contributed by atoms with E-state index in [4.69, 9.17) is 11.6 Å². The Morgan fingerprint density at radius 2 is 1.71 bits per heavy atom. The van der Waals surface area contributed by atoms with Gasteiger partial charge in [0.05, 0.1) is 5.92 Å². The van der Waals surface area contributed by atoms with Gasteiger partial charge in [0, 0.05) is 17.8 Å². The van der Waals surface area contributed by atoms with Crippen molar-refractivity contribution in [3.05, 3.63) is 65.2 Å². The lowest BCUT2D eigenvalue weighted by Gasteiger charge is -2.24. The number of carbonyl (C=O) groups is 1. The number of nitrogens with zero attached hydrogens (tertiary/aromatic N) is 1. The average Bonchev–Trinajstić information content (AvgIpc) is 3.34. The van der Waals surface area contributed by atoms with Crippen LogP contribution < -0.4 is 4.90 Å². The van der Waals surface area contributed by atoms with Crippen LogP contribution >= 0.6 is 11.6 Å². The van der Waals surface area contributed by atoms with Crippen molar-refractivity contribution in [3.8, 4) is 0 Å². The molecule has 0 N–H and O–H groups in total. The minimum Gasteiger partial charge on any atom is -0.315 e. The van der Waals surface area contributed by atoms with E-state index in [0.29, 0.717) is 10.9 Å². The molecule has 0 saturated heterocycles. The van der Waals surface area contributed by atoms with Crippen LogP contribution in [0.3, 0.4) is 0 Å². The van der Waals surface area contributed by atoms with E-state index in [2.05, 4.69) is 0 Å². The van der Waals surface area contributed by atoms with E-state index in [9.17, 15) is 4.79 Å². The summed E-state index contributed by atoms with van der Waals surface area (Å²) in [7, 11) is 1.85. The van der Waals surface area contributed by atoms with Crippen molar-refractivity contribution in [2.75, 3.05) is 11.9 Å². The van der Waals surface area contributed by atoms with E-state index < -0.39 is 0 Å². The molecule has 21 heavy (non-hydrogen) atoms. The monoisotopic (exact) mass is 299 g/mol. The van der Waals surface area contributed by atoms with E-state index in [1.165, 1.54) is 0 Å². The standard InChI is InChI=1S/C18H18ClNO/c1-20(16-5-3-2-4-6-16)18(21)17(13-7-8-13)14-9-11-15(19)12-10-14/h2-6,9-13,17H,7-8H2,1H3. The Morgan fingerprint density at radius 3 is 2.29 bits per heavy atom. The van der Waals surface area contributed by atoms with Crippen LogP contribution in [0.4, 0.5) is 5.69 Å². The van der Waals surface area contributed by atoms with Gasteiger partial charge in [0.25, 0.3) is 0 Å². The second-order valence-electron chi connectivity index (χ2n) is 5.60. The van der Waals surface area contributed by atoms with Crippen molar-refractivity contribution < 1.29 is 4.79 Å². The highest BCUT2D eigenvalue weighted by molar-refractivity contribution is 6.30. The molecular formula is C18H18ClNO. The van der Waals surface area contributed by atoms with Gasteiger partial charge in [-0.15, -0.1) is 0 Å². The molecule has 0 bridgehead atoms. The Hall–Kier alpha value is -1.80. The summed E-state index contributed by atoms with van der Waals surface area (Å²) >= 11 is 5.95. The Labute approximate surface area is 130 Å². The molecule has 0 aromatic heterocycles. The minimum absolute atomic E-state index is 0.0625. The van der Waals surface area contributed by atoms with Crippen LogP contribution in [0.1, 0.15) is 24.3 Å². The molecule has 1 fully saturated rings. The Bertz CT molecular complexity index is 619. The number of hydrogen-bond acceptors (Lipinski definition) is 1. The van der Waals surface area contributed by atoms with E-state index in [0.717, 1.165) is 24.1 Å². The van der Waals surface area contributed by atoms with Gasteiger partial charge in [0.1, 0.15) is 0 Å². The summed E-state index contributed by atoms with van der Waals surface area (Å²) in [6.45, 7) is 0. The number of para-hydroxylation sites is 1. The molecule has 1 amide bonds. The summed E-state index contributed by atoms with van der Waals surface area (Å²) in [5, 5.41) is 0.706. The molecule has 3 heteroatoms. The van der Waals surface area contributed by atoms with Crippen LogP contribution in [0.2, 0.25) is 5.02 Å². The van der Waals surface area contributed by atoms with Crippen molar-refractivity contribution in [2.24, 2.45) is 5.92 Å². The number of hydrogen-bond donors (Lipinski definition) is 0. The van der Waals surface area contributed by atoms with Crippen molar-refractivity contribution >= 4 is 23.2 Å². The van der Waals surface area contributed by atoms with Crippen LogP contribution in [0.15, 0.2) is 54.6 Å². The molecule has 1 atom stereocenters. The first-order chi connectivity index (χ1) is 10.2. The first kappa shape index (κ1) is 14.2. The molecule has 2 aromatic rings. The fourth-order valence-corrected chi connectivity index (χ4v) is 2.83. The van der Waals surface area contributed by atoms with Gasteiger partial charge in [0.2, 0.25) is 5.91 Å². The highest BCUT2D eigenvalue weighted by Gasteiger charge is 2.38. The summed E-state index contributed by atoms with van der Waals surface area (Å²) < 4.78 is 0. The van der Waals surface area contributed by atoms with Crippen LogP contribution in [0.5, 0.6) is 0 Å². The molecule has 1 unspecified atom stereocenters. The van der Waals surface area contributed by atoms with Crippen LogP contribution in [-0.2, 0) is 4.79 Å². The zero-order chi connectivity index (χ0) is 14.8. The molecule has 0 aliphatic heterocycles. The minimum atomic E-state index is -0.0625. The lowest BCUT2D eigenvalue weighted by Crippen LogP contribution is -2.32. The molecule has 0 heterocycles. The highest BCUT2D eigenvalue weighted by Crippen LogP contribution is 2.44.